The maximum absolute atomic E-state index is 10.9. The zero-order valence-corrected chi connectivity index (χ0v) is 16.1. The normalized spacial score (nSPS) is 10.1. The van der Waals surface area contributed by atoms with Gasteiger partial charge in [-0.25, -0.2) is 0 Å². The molecule has 0 fully saturated rings. The molecule has 0 N–H and O–H groups in total. The minimum Gasteiger partial charge on any atom is -0.550 e. The summed E-state index contributed by atoms with van der Waals surface area (Å²) in [5.41, 5.74) is -0.306. The molecule has 0 aromatic rings. The van der Waals surface area contributed by atoms with Crippen LogP contribution in [0.4, 0.5) is 0 Å². The van der Waals surface area contributed by atoms with Gasteiger partial charge in [-0.2, -0.15) is 0 Å². The van der Waals surface area contributed by atoms with Crippen LogP contribution in [0.1, 0.15) is 20.3 Å². The number of rotatable bonds is 5. The molecule has 0 aliphatic heterocycles. The number of ketones is 1. The fourth-order valence-corrected chi connectivity index (χ4v) is 0.904. The second-order valence-electron chi connectivity index (χ2n) is 3.10. The van der Waals surface area contributed by atoms with Gasteiger partial charge in [0.15, 0.2) is 0 Å². The van der Waals surface area contributed by atoms with Crippen LogP contribution in [0.15, 0.2) is 11.6 Å². The average Bonchev–Trinajstić information content (AvgIpc) is 1.99. The number of hydrogen-bond acceptors (Lipinski definition) is 5. The van der Waals surface area contributed by atoms with Crippen LogP contribution >= 0.6 is 0 Å². The summed E-state index contributed by atoms with van der Waals surface area (Å²) < 4.78 is 0. The van der Waals surface area contributed by atoms with Crippen LogP contribution in [0.2, 0.25) is 0 Å². The molecule has 5 nitrogen and oxygen atoms in total. The summed E-state index contributed by atoms with van der Waals surface area (Å²) in [6.07, 6.45) is 0.568. The van der Waals surface area contributed by atoms with Crippen molar-refractivity contribution in [1.29, 1.82) is 0 Å². The molecule has 16 heavy (non-hydrogen) atoms. The smallest absolute Gasteiger partial charge is 0.550 e. The molecule has 78 valence electrons. The monoisotopic (exact) mass is 276 g/mol. The summed E-state index contributed by atoms with van der Waals surface area (Å²) >= 11 is 0. The number of Topliss-reactive ketones (excluding diaryl/α,β-unsaturated/α-hetero) is 1. The second-order valence-corrected chi connectivity index (χ2v) is 3.10. The minimum atomic E-state index is -1.90. The molecule has 0 heterocycles. The first-order chi connectivity index (χ1) is 6.34. The molecule has 0 spiro atoms. The Kier molecular flexibility index (Phi) is 16.7. The maximum Gasteiger partial charge on any atom is 1.00 e. The Morgan fingerprint density at radius 2 is 1.56 bits per heavy atom. The van der Waals surface area contributed by atoms with Crippen molar-refractivity contribution in [2.24, 2.45) is 5.92 Å². The van der Waals surface area contributed by atoms with Crippen LogP contribution in [-0.4, -0.2) is 17.7 Å². The van der Waals surface area contributed by atoms with Gasteiger partial charge in [0.1, 0.15) is 5.97 Å². The van der Waals surface area contributed by atoms with E-state index >= 15 is 0 Å². The quantitative estimate of drug-likeness (QED) is 0.282. The van der Waals surface area contributed by atoms with Crippen molar-refractivity contribution >= 4 is 17.7 Å². The van der Waals surface area contributed by atoms with Gasteiger partial charge in [-0.15, -0.1) is 0 Å². The first-order valence-electron chi connectivity index (χ1n) is 4.00. The molecule has 0 rings (SSSR count). The SMILES string of the molecule is CC(C)C=C(CC(=O)[O-])C(=O)C(=O)[O-].[K+].[K+]. The molecule has 0 aliphatic rings. The van der Waals surface area contributed by atoms with Gasteiger partial charge in [-0.3, -0.25) is 4.79 Å². The van der Waals surface area contributed by atoms with E-state index in [2.05, 4.69) is 0 Å². The van der Waals surface area contributed by atoms with E-state index in [0.29, 0.717) is 0 Å². The molecule has 0 radical (unpaired) electrons. The number of carboxylic acids is 2. The molecule has 0 bridgehead atoms. The molecular formula is C9H10K2O5. The molecule has 0 amide bonds. The largest absolute Gasteiger partial charge is 1.00 e. The molecule has 0 saturated carbocycles. The van der Waals surface area contributed by atoms with Gasteiger partial charge in [0.2, 0.25) is 5.78 Å². The van der Waals surface area contributed by atoms with E-state index in [-0.39, 0.29) is 114 Å². The Hall–Kier alpha value is 1.62. The molecular weight excluding hydrogens is 266 g/mol. The third-order valence-electron chi connectivity index (χ3n) is 1.35. The van der Waals surface area contributed by atoms with Gasteiger partial charge in [0.25, 0.3) is 0 Å². The van der Waals surface area contributed by atoms with Crippen molar-refractivity contribution < 1.29 is 127 Å². The summed E-state index contributed by atoms with van der Waals surface area (Å²) in [5, 5.41) is 20.4. The number of carbonyl (C=O) groups excluding carboxylic acids is 3. The predicted octanol–water partition coefficient (Wildman–Crippen LogP) is -7.96. The number of allylic oxidation sites excluding steroid dienone is 1. The van der Waals surface area contributed by atoms with E-state index in [1.54, 1.807) is 13.8 Å². The Bertz CT molecular complexity index is 296. The van der Waals surface area contributed by atoms with Gasteiger partial charge in [0, 0.05) is 18.0 Å². The van der Waals surface area contributed by atoms with Gasteiger partial charge in [-0.05, 0) is 5.92 Å². The first-order valence-corrected chi connectivity index (χ1v) is 4.00. The summed E-state index contributed by atoms with van der Waals surface area (Å²) in [5.74, 6) is -4.82. The van der Waals surface area contributed by atoms with Gasteiger partial charge in [-0.1, -0.05) is 19.9 Å². The van der Waals surface area contributed by atoms with E-state index < -0.39 is 24.1 Å². The van der Waals surface area contributed by atoms with Crippen LogP contribution in [0.5, 0.6) is 0 Å². The predicted molar refractivity (Wildman–Crippen MR) is 42.6 cm³/mol. The summed E-state index contributed by atoms with van der Waals surface area (Å²) in [4.78, 5) is 31.3. The fourth-order valence-electron chi connectivity index (χ4n) is 0.904. The van der Waals surface area contributed by atoms with Crippen molar-refractivity contribution in [3.8, 4) is 0 Å². The Balaban J connectivity index is -0.000000845. The van der Waals surface area contributed by atoms with Gasteiger partial charge < -0.3 is 19.8 Å². The van der Waals surface area contributed by atoms with Crippen molar-refractivity contribution in [3.63, 3.8) is 0 Å². The maximum atomic E-state index is 10.9. The van der Waals surface area contributed by atoms with Gasteiger partial charge >= 0.3 is 103 Å². The zero-order valence-electron chi connectivity index (χ0n) is 9.90. The van der Waals surface area contributed by atoms with E-state index in [4.69, 9.17) is 0 Å². The molecule has 0 aliphatic carbocycles. The third kappa shape index (κ3) is 10.8. The van der Waals surface area contributed by atoms with Crippen molar-refractivity contribution in [2.45, 2.75) is 20.3 Å². The van der Waals surface area contributed by atoms with Crippen molar-refractivity contribution in [1.82, 2.24) is 0 Å². The third-order valence-corrected chi connectivity index (χ3v) is 1.35. The molecule has 0 aromatic heterocycles. The van der Waals surface area contributed by atoms with Crippen LogP contribution < -0.4 is 113 Å². The molecule has 0 atom stereocenters. The zero-order chi connectivity index (χ0) is 11.3. The van der Waals surface area contributed by atoms with E-state index in [0.717, 1.165) is 0 Å². The van der Waals surface area contributed by atoms with E-state index in [9.17, 15) is 24.6 Å². The Morgan fingerprint density at radius 3 is 1.81 bits per heavy atom. The summed E-state index contributed by atoms with van der Waals surface area (Å²) in [6, 6.07) is 0. The van der Waals surface area contributed by atoms with Crippen molar-refractivity contribution in [2.75, 3.05) is 0 Å². The standard InChI is InChI=1S/C9H12O5.2K/c1-5(2)3-6(4-7(10)11)8(12)9(13)14;;/h3,5H,4H2,1-2H3,(H,10,11)(H,13,14);;/q;2*+1/p-2. The van der Waals surface area contributed by atoms with Crippen LogP contribution in [0.3, 0.4) is 0 Å². The number of aliphatic carboxylic acids is 2. The van der Waals surface area contributed by atoms with Crippen LogP contribution in [0, 0.1) is 5.92 Å². The van der Waals surface area contributed by atoms with E-state index in [1.807, 2.05) is 0 Å². The average molecular weight is 276 g/mol. The topological polar surface area (TPSA) is 97.3 Å². The Labute approximate surface area is 179 Å². The molecule has 7 heteroatoms. The molecule has 0 saturated heterocycles. The first kappa shape index (κ1) is 22.8. The second kappa shape index (κ2) is 11.7. The Morgan fingerprint density at radius 1 is 1.12 bits per heavy atom. The molecule has 0 unspecified atom stereocenters. The number of hydrogen-bond donors (Lipinski definition) is 0. The molecule has 0 aromatic carbocycles. The minimum absolute atomic E-state index is 0. The van der Waals surface area contributed by atoms with E-state index in [1.165, 1.54) is 6.08 Å². The van der Waals surface area contributed by atoms with Crippen molar-refractivity contribution in [3.05, 3.63) is 11.6 Å². The summed E-state index contributed by atoms with van der Waals surface area (Å²) in [6.45, 7) is 3.38. The number of carbonyl (C=O) groups is 3. The van der Waals surface area contributed by atoms with Crippen LogP contribution in [0.25, 0.3) is 0 Å². The fraction of sp³-hybridized carbons (Fsp3) is 0.444. The van der Waals surface area contributed by atoms with Gasteiger partial charge in [0.05, 0.1) is 0 Å². The van der Waals surface area contributed by atoms with Crippen LogP contribution in [-0.2, 0) is 14.4 Å². The summed E-state index contributed by atoms with van der Waals surface area (Å²) in [7, 11) is 0. The number of carboxylic acid groups (broad SMARTS) is 2.